The van der Waals surface area contributed by atoms with Crippen LogP contribution in [0.4, 0.5) is 0 Å². The van der Waals surface area contributed by atoms with Gasteiger partial charge in [0.05, 0.1) is 13.2 Å². The standard InChI is InChI=1S/C32H30O8S2/c33-41(34,35)39-21-25-13-9-23(10-14-25)17-19-31-27-5-1-2-6-28(27)32(30-8-4-3-7-29(30)31)20-18-24-11-15-26(16-12-24)22-40-42(36,37)38/h1-16H,17-22H2,(H,33,34,35)(H,36,37,38). The maximum Gasteiger partial charge on any atom is 0.397 e. The number of aryl methyl sites for hydroxylation is 4. The van der Waals surface area contributed by atoms with Gasteiger partial charge in [-0.25, -0.2) is 8.37 Å². The van der Waals surface area contributed by atoms with Crippen LogP contribution < -0.4 is 0 Å². The summed E-state index contributed by atoms with van der Waals surface area (Å²) >= 11 is 0. The number of hydrogen-bond donors (Lipinski definition) is 2. The molecule has 0 aromatic heterocycles. The molecular weight excluding hydrogens is 576 g/mol. The van der Waals surface area contributed by atoms with Gasteiger partial charge in [-0.1, -0.05) is 97.1 Å². The molecule has 8 nitrogen and oxygen atoms in total. The van der Waals surface area contributed by atoms with Crippen molar-refractivity contribution in [1.82, 2.24) is 0 Å². The Morgan fingerprint density at radius 2 is 0.714 bits per heavy atom. The van der Waals surface area contributed by atoms with Crippen LogP contribution >= 0.6 is 0 Å². The van der Waals surface area contributed by atoms with Gasteiger partial charge in [-0.2, -0.15) is 16.8 Å². The van der Waals surface area contributed by atoms with Crippen molar-refractivity contribution in [2.45, 2.75) is 38.9 Å². The summed E-state index contributed by atoms with van der Waals surface area (Å²) in [6.45, 7) is -0.440. The van der Waals surface area contributed by atoms with Crippen molar-refractivity contribution in [2.24, 2.45) is 0 Å². The first-order valence-corrected chi connectivity index (χ1v) is 16.1. The molecule has 0 saturated heterocycles. The molecule has 42 heavy (non-hydrogen) atoms. The van der Waals surface area contributed by atoms with Crippen LogP contribution in [0.5, 0.6) is 0 Å². The van der Waals surface area contributed by atoms with Crippen LogP contribution in [0.25, 0.3) is 21.5 Å². The number of benzene rings is 5. The molecule has 2 N–H and O–H groups in total. The molecule has 0 heterocycles. The summed E-state index contributed by atoms with van der Waals surface area (Å²) in [5, 5.41) is 4.84. The first-order valence-electron chi connectivity index (χ1n) is 13.4. The smallest absolute Gasteiger partial charge is 0.264 e. The molecule has 0 bridgehead atoms. The highest BCUT2D eigenvalue weighted by molar-refractivity contribution is 7.81. The predicted octanol–water partition coefficient (Wildman–Crippen LogP) is 6.20. The van der Waals surface area contributed by atoms with E-state index in [4.69, 9.17) is 9.11 Å². The van der Waals surface area contributed by atoms with Crippen LogP contribution in [-0.4, -0.2) is 25.9 Å². The quantitative estimate of drug-likeness (QED) is 0.127. The topological polar surface area (TPSA) is 127 Å². The monoisotopic (exact) mass is 606 g/mol. The van der Waals surface area contributed by atoms with Crippen LogP contribution in [0.1, 0.15) is 33.4 Å². The van der Waals surface area contributed by atoms with Gasteiger partial charge >= 0.3 is 20.8 Å². The van der Waals surface area contributed by atoms with Gasteiger partial charge < -0.3 is 0 Å². The molecule has 0 atom stereocenters. The minimum atomic E-state index is -4.48. The summed E-state index contributed by atoms with van der Waals surface area (Å²) in [5.74, 6) is 0. The Kier molecular flexibility index (Phi) is 9.02. The number of fused-ring (bicyclic) bond motifs is 2. The fourth-order valence-corrected chi connectivity index (χ4v) is 5.85. The zero-order valence-electron chi connectivity index (χ0n) is 22.6. The summed E-state index contributed by atoms with van der Waals surface area (Å²) in [7, 11) is -8.97. The van der Waals surface area contributed by atoms with E-state index in [2.05, 4.69) is 56.9 Å². The fraction of sp³-hybridized carbons (Fsp3) is 0.188. The fourth-order valence-electron chi connectivity index (χ4n) is 5.28. The lowest BCUT2D eigenvalue weighted by Gasteiger charge is -2.17. The summed E-state index contributed by atoms with van der Waals surface area (Å²) in [5.41, 5.74) is 6.05. The molecule has 5 aromatic rings. The minimum Gasteiger partial charge on any atom is -0.264 e. The van der Waals surface area contributed by atoms with Gasteiger partial charge in [0.15, 0.2) is 0 Å². The van der Waals surface area contributed by atoms with E-state index in [0.717, 1.165) is 36.8 Å². The summed E-state index contributed by atoms with van der Waals surface area (Å²) < 4.78 is 69.9. The van der Waals surface area contributed by atoms with Gasteiger partial charge in [0.1, 0.15) is 0 Å². The lowest BCUT2D eigenvalue weighted by Crippen LogP contribution is -2.03. The largest absolute Gasteiger partial charge is 0.397 e. The highest BCUT2D eigenvalue weighted by atomic mass is 32.3. The molecule has 0 radical (unpaired) electrons. The molecule has 0 unspecified atom stereocenters. The third-order valence-corrected chi connectivity index (χ3v) is 8.11. The minimum absolute atomic E-state index is 0.220. The third-order valence-electron chi connectivity index (χ3n) is 7.28. The highest BCUT2D eigenvalue weighted by Gasteiger charge is 2.14. The maximum absolute atomic E-state index is 10.8. The molecule has 10 heteroatoms. The van der Waals surface area contributed by atoms with E-state index < -0.39 is 20.8 Å². The molecule has 0 spiro atoms. The van der Waals surface area contributed by atoms with Crippen molar-refractivity contribution in [3.8, 4) is 0 Å². The average molecular weight is 607 g/mol. The number of rotatable bonds is 12. The molecule has 0 aliphatic rings. The van der Waals surface area contributed by atoms with Crippen molar-refractivity contribution in [3.05, 3.63) is 130 Å². The molecule has 0 aliphatic heterocycles. The van der Waals surface area contributed by atoms with E-state index in [1.807, 2.05) is 24.3 Å². The van der Waals surface area contributed by atoms with Crippen LogP contribution in [0.2, 0.25) is 0 Å². The Morgan fingerprint density at radius 1 is 0.429 bits per heavy atom. The Balaban J connectivity index is 1.37. The second-order valence-corrected chi connectivity index (χ2v) is 12.2. The van der Waals surface area contributed by atoms with Gasteiger partial charge in [-0.3, -0.25) is 9.11 Å². The Hall–Kier alpha value is -3.64. The second kappa shape index (κ2) is 12.7. The van der Waals surface area contributed by atoms with Crippen LogP contribution in [0.15, 0.2) is 97.1 Å². The van der Waals surface area contributed by atoms with Crippen LogP contribution in [0, 0.1) is 0 Å². The second-order valence-electron chi connectivity index (χ2n) is 10.1. The molecule has 218 valence electrons. The van der Waals surface area contributed by atoms with E-state index >= 15 is 0 Å². The van der Waals surface area contributed by atoms with Gasteiger partial charge in [-0.15, -0.1) is 0 Å². The van der Waals surface area contributed by atoms with Gasteiger partial charge in [0.25, 0.3) is 0 Å². The molecular formula is C32H30O8S2. The zero-order chi connectivity index (χ0) is 29.7. The average Bonchev–Trinajstić information content (AvgIpc) is 2.97. The van der Waals surface area contributed by atoms with Crippen LogP contribution in [0.3, 0.4) is 0 Å². The van der Waals surface area contributed by atoms with Crippen molar-refractivity contribution in [1.29, 1.82) is 0 Å². The van der Waals surface area contributed by atoms with E-state index in [1.165, 1.54) is 32.7 Å². The van der Waals surface area contributed by atoms with E-state index in [0.29, 0.717) is 11.1 Å². The predicted molar refractivity (Wildman–Crippen MR) is 162 cm³/mol. The van der Waals surface area contributed by atoms with Crippen molar-refractivity contribution < 1.29 is 34.3 Å². The zero-order valence-corrected chi connectivity index (χ0v) is 24.3. The first kappa shape index (κ1) is 29.8. The van der Waals surface area contributed by atoms with Gasteiger partial charge in [0.2, 0.25) is 0 Å². The van der Waals surface area contributed by atoms with Gasteiger partial charge in [0, 0.05) is 0 Å². The van der Waals surface area contributed by atoms with E-state index in [9.17, 15) is 16.8 Å². The Bertz CT molecular complexity index is 1720. The van der Waals surface area contributed by atoms with Crippen LogP contribution in [-0.2, 0) is 68.1 Å². The van der Waals surface area contributed by atoms with Crippen molar-refractivity contribution >= 4 is 42.3 Å². The Labute approximate surface area is 245 Å². The molecule has 5 rings (SSSR count). The summed E-state index contributed by atoms with van der Waals surface area (Å²) in [6, 6.07) is 31.9. The first-order chi connectivity index (χ1) is 20.1. The molecule has 5 aromatic carbocycles. The molecule has 0 fully saturated rings. The molecule has 0 aliphatic carbocycles. The lowest BCUT2D eigenvalue weighted by atomic mass is 9.87. The van der Waals surface area contributed by atoms with E-state index in [-0.39, 0.29) is 13.2 Å². The third kappa shape index (κ3) is 7.80. The van der Waals surface area contributed by atoms with Crippen molar-refractivity contribution in [3.63, 3.8) is 0 Å². The normalized spacial score (nSPS) is 12.2. The van der Waals surface area contributed by atoms with E-state index in [1.54, 1.807) is 24.3 Å². The maximum atomic E-state index is 10.8. The highest BCUT2D eigenvalue weighted by Crippen LogP contribution is 2.34. The summed E-state index contributed by atoms with van der Waals surface area (Å²) in [4.78, 5) is 0. The summed E-state index contributed by atoms with van der Waals surface area (Å²) in [6.07, 6.45) is 3.21. The SMILES string of the molecule is O=S(=O)(O)OCc1ccc(CCc2c3ccccc3c(CCc3ccc(COS(=O)(=O)O)cc3)c3ccccc23)cc1. The van der Waals surface area contributed by atoms with Crippen molar-refractivity contribution in [2.75, 3.05) is 0 Å². The Morgan fingerprint density at radius 3 is 1.00 bits per heavy atom. The molecule has 0 saturated carbocycles. The van der Waals surface area contributed by atoms with Gasteiger partial charge in [-0.05, 0) is 80.6 Å². The number of hydrogen-bond acceptors (Lipinski definition) is 6. The lowest BCUT2D eigenvalue weighted by molar-refractivity contribution is 0.258. The molecule has 0 amide bonds.